The summed E-state index contributed by atoms with van der Waals surface area (Å²) in [6.45, 7) is 7.24. The van der Waals surface area contributed by atoms with Crippen LogP contribution in [0.1, 0.15) is 35.3 Å². The van der Waals surface area contributed by atoms with Gasteiger partial charge in [0.05, 0.1) is 6.07 Å². The van der Waals surface area contributed by atoms with Gasteiger partial charge in [0, 0.05) is 5.56 Å². The molecule has 1 N–H and O–H groups in total. The second-order valence-corrected chi connectivity index (χ2v) is 4.57. The Balaban J connectivity index is 2.94. The van der Waals surface area contributed by atoms with Gasteiger partial charge in [-0.05, 0) is 39.8 Å². The quantitative estimate of drug-likeness (QED) is 0.824. The maximum absolute atomic E-state index is 11.9. The minimum Gasteiger partial charge on any atom is -0.334 e. The number of hydrogen-bond donors (Lipinski definition) is 1. The normalized spacial score (nSPS) is 10.7. The van der Waals surface area contributed by atoms with E-state index in [1.54, 1.807) is 13.8 Å². The van der Waals surface area contributed by atoms with Crippen molar-refractivity contribution in [1.29, 1.82) is 5.26 Å². The highest BCUT2D eigenvalue weighted by molar-refractivity contribution is 5.95. The SMILES string of the molecule is Cc1cc(C)cc(C(=O)NC(C)(C)C#N)c1. The Bertz CT molecular complexity index is 435. The summed E-state index contributed by atoms with van der Waals surface area (Å²) in [5.41, 5.74) is 1.84. The zero-order chi connectivity index (χ0) is 12.3. The first-order chi connectivity index (χ1) is 7.34. The van der Waals surface area contributed by atoms with Crippen LogP contribution in [-0.4, -0.2) is 11.4 Å². The molecular weight excluding hydrogens is 200 g/mol. The van der Waals surface area contributed by atoms with Crippen LogP contribution in [-0.2, 0) is 0 Å². The van der Waals surface area contributed by atoms with Crippen LogP contribution in [0.3, 0.4) is 0 Å². The minimum atomic E-state index is -0.839. The molecule has 1 amide bonds. The molecule has 1 aromatic carbocycles. The number of carbonyl (C=O) groups excluding carboxylic acids is 1. The van der Waals surface area contributed by atoms with Crippen LogP contribution in [0, 0.1) is 25.2 Å². The minimum absolute atomic E-state index is 0.210. The molecule has 0 unspecified atom stereocenters. The van der Waals surface area contributed by atoms with E-state index in [1.807, 2.05) is 38.1 Å². The summed E-state index contributed by atoms with van der Waals surface area (Å²) in [5, 5.41) is 11.5. The molecule has 0 aromatic heterocycles. The van der Waals surface area contributed by atoms with Gasteiger partial charge in [-0.2, -0.15) is 5.26 Å². The van der Waals surface area contributed by atoms with Gasteiger partial charge in [-0.15, -0.1) is 0 Å². The van der Waals surface area contributed by atoms with Gasteiger partial charge < -0.3 is 5.32 Å². The van der Waals surface area contributed by atoms with Gasteiger partial charge in [0.15, 0.2) is 0 Å². The molecule has 0 aliphatic heterocycles. The molecule has 0 heterocycles. The van der Waals surface area contributed by atoms with Crippen molar-refractivity contribution < 1.29 is 4.79 Å². The van der Waals surface area contributed by atoms with Crippen LogP contribution in [0.4, 0.5) is 0 Å². The average molecular weight is 216 g/mol. The van der Waals surface area contributed by atoms with Gasteiger partial charge in [0.25, 0.3) is 5.91 Å². The number of aryl methyl sites for hydroxylation is 2. The maximum Gasteiger partial charge on any atom is 0.252 e. The summed E-state index contributed by atoms with van der Waals surface area (Å²) in [4.78, 5) is 11.9. The van der Waals surface area contributed by atoms with Gasteiger partial charge in [0.1, 0.15) is 5.54 Å². The van der Waals surface area contributed by atoms with Crippen LogP contribution < -0.4 is 5.32 Å². The van der Waals surface area contributed by atoms with Gasteiger partial charge in [-0.25, -0.2) is 0 Å². The second-order valence-electron chi connectivity index (χ2n) is 4.57. The van der Waals surface area contributed by atoms with Gasteiger partial charge in [-0.3, -0.25) is 4.79 Å². The Labute approximate surface area is 96.1 Å². The van der Waals surface area contributed by atoms with Crippen molar-refractivity contribution in [2.75, 3.05) is 0 Å². The maximum atomic E-state index is 11.9. The second kappa shape index (κ2) is 4.36. The Hall–Kier alpha value is -1.82. The molecule has 0 bridgehead atoms. The van der Waals surface area contributed by atoms with Crippen molar-refractivity contribution in [3.8, 4) is 6.07 Å². The first kappa shape index (κ1) is 12.3. The molecule has 0 saturated carbocycles. The van der Waals surface area contributed by atoms with Gasteiger partial charge in [0.2, 0.25) is 0 Å². The molecule has 84 valence electrons. The smallest absolute Gasteiger partial charge is 0.252 e. The number of carbonyl (C=O) groups is 1. The molecule has 0 atom stereocenters. The van der Waals surface area contributed by atoms with E-state index >= 15 is 0 Å². The molecule has 1 aromatic rings. The monoisotopic (exact) mass is 216 g/mol. The third-order valence-corrected chi connectivity index (χ3v) is 2.19. The Morgan fingerprint density at radius 2 is 1.75 bits per heavy atom. The number of nitrogens with zero attached hydrogens (tertiary/aromatic N) is 1. The standard InChI is InChI=1S/C13H16N2O/c1-9-5-10(2)7-11(6-9)12(16)15-13(3,4)8-14/h5-7H,1-4H3,(H,15,16). The molecule has 0 spiro atoms. The lowest BCUT2D eigenvalue weighted by molar-refractivity contribution is 0.0929. The summed E-state index contributed by atoms with van der Waals surface area (Å²) >= 11 is 0. The molecule has 3 heteroatoms. The van der Waals surface area contributed by atoms with E-state index in [2.05, 4.69) is 5.32 Å². The van der Waals surface area contributed by atoms with E-state index in [1.165, 1.54) is 0 Å². The first-order valence-corrected chi connectivity index (χ1v) is 5.16. The van der Waals surface area contributed by atoms with E-state index in [0.29, 0.717) is 5.56 Å². The summed E-state index contributed by atoms with van der Waals surface area (Å²) in [7, 11) is 0. The van der Waals surface area contributed by atoms with Crippen LogP contribution >= 0.6 is 0 Å². The summed E-state index contributed by atoms with van der Waals surface area (Å²) < 4.78 is 0. The zero-order valence-corrected chi connectivity index (χ0v) is 10.1. The van der Waals surface area contributed by atoms with Crippen molar-refractivity contribution in [1.82, 2.24) is 5.32 Å². The fraction of sp³-hybridized carbons (Fsp3) is 0.385. The van der Waals surface area contributed by atoms with Crippen LogP contribution in [0.5, 0.6) is 0 Å². The van der Waals surface area contributed by atoms with E-state index < -0.39 is 5.54 Å². The number of hydrogen-bond acceptors (Lipinski definition) is 2. The lowest BCUT2D eigenvalue weighted by atomic mass is 10.0. The fourth-order valence-corrected chi connectivity index (χ4v) is 1.49. The van der Waals surface area contributed by atoms with E-state index in [0.717, 1.165) is 11.1 Å². The van der Waals surface area contributed by atoms with Gasteiger partial charge in [-0.1, -0.05) is 17.2 Å². The van der Waals surface area contributed by atoms with Crippen molar-refractivity contribution >= 4 is 5.91 Å². The predicted molar refractivity (Wildman–Crippen MR) is 63.1 cm³/mol. The third kappa shape index (κ3) is 3.09. The highest BCUT2D eigenvalue weighted by Crippen LogP contribution is 2.10. The first-order valence-electron chi connectivity index (χ1n) is 5.16. The van der Waals surface area contributed by atoms with Crippen molar-refractivity contribution in [3.63, 3.8) is 0 Å². The third-order valence-electron chi connectivity index (χ3n) is 2.19. The molecule has 0 saturated heterocycles. The van der Waals surface area contributed by atoms with Crippen molar-refractivity contribution in [2.45, 2.75) is 33.2 Å². The van der Waals surface area contributed by atoms with E-state index in [4.69, 9.17) is 5.26 Å². The lowest BCUT2D eigenvalue weighted by Crippen LogP contribution is -2.42. The highest BCUT2D eigenvalue weighted by Gasteiger charge is 2.20. The Kier molecular flexibility index (Phi) is 3.34. The molecule has 0 fully saturated rings. The lowest BCUT2D eigenvalue weighted by Gasteiger charge is -2.17. The average Bonchev–Trinajstić information content (AvgIpc) is 2.15. The Morgan fingerprint density at radius 1 is 1.25 bits per heavy atom. The number of nitrogens with one attached hydrogen (secondary N) is 1. The summed E-state index contributed by atoms with van der Waals surface area (Å²) in [6.07, 6.45) is 0. The number of amides is 1. The number of benzene rings is 1. The molecule has 1 rings (SSSR count). The molecular formula is C13H16N2O. The fourth-order valence-electron chi connectivity index (χ4n) is 1.49. The van der Waals surface area contributed by atoms with Crippen molar-refractivity contribution in [2.24, 2.45) is 0 Å². The van der Waals surface area contributed by atoms with Crippen LogP contribution in [0.15, 0.2) is 18.2 Å². The Morgan fingerprint density at radius 3 is 2.19 bits per heavy atom. The largest absolute Gasteiger partial charge is 0.334 e. The number of rotatable bonds is 2. The molecule has 0 aliphatic rings. The van der Waals surface area contributed by atoms with Crippen LogP contribution in [0.2, 0.25) is 0 Å². The molecule has 3 nitrogen and oxygen atoms in total. The summed E-state index contributed by atoms with van der Waals surface area (Å²) in [5.74, 6) is -0.210. The zero-order valence-electron chi connectivity index (χ0n) is 10.1. The molecule has 16 heavy (non-hydrogen) atoms. The molecule has 0 radical (unpaired) electrons. The van der Waals surface area contributed by atoms with E-state index in [-0.39, 0.29) is 5.91 Å². The van der Waals surface area contributed by atoms with Crippen molar-refractivity contribution in [3.05, 3.63) is 34.9 Å². The van der Waals surface area contributed by atoms with Crippen LogP contribution in [0.25, 0.3) is 0 Å². The topological polar surface area (TPSA) is 52.9 Å². The molecule has 0 aliphatic carbocycles. The van der Waals surface area contributed by atoms with E-state index in [9.17, 15) is 4.79 Å². The predicted octanol–water partition coefficient (Wildman–Crippen LogP) is 2.34. The summed E-state index contributed by atoms with van der Waals surface area (Å²) in [6, 6.07) is 7.68. The highest BCUT2D eigenvalue weighted by atomic mass is 16.1. The number of nitriles is 1. The van der Waals surface area contributed by atoms with Gasteiger partial charge >= 0.3 is 0 Å².